The van der Waals surface area contributed by atoms with Crippen LogP contribution >= 0.6 is 0 Å². The zero-order chi connectivity index (χ0) is 17.2. The van der Waals surface area contributed by atoms with Crippen LogP contribution in [0, 0.1) is 0 Å². The van der Waals surface area contributed by atoms with Crippen LogP contribution in [0.5, 0.6) is 0 Å². The number of imide groups is 1. The second-order valence-electron chi connectivity index (χ2n) is 6.85. The van der Waals surface area contributed by atoms with Gasteiger partial charge in [0, 0.05) is 31.4 Å². The molecule has 1 aromatic heterocycles. The highest BCUT2D eigenvalue weighted by atomic mass is 16.5. The first-order valence-corrected chi connectivity index (χ1v) is 9.14. The lowest BCUT2D eigenvalue weighted by molar-refractivity contribution is -0.128. The van der Waals surface area contributed by atoms with Gasteiger partial charge in [-0.05, 0) is 18.9 Å². The smallest absolute Gasteiger partial charge is 0.327 e. The zero-order valence-corrected chi connectivity index (χ0v) is 14.4. The number of urea groups is 1. The van der Waals surface area contributed by atoms with Crippen molar-refractivity contribution in [3.8, 4) is 0 Å². The molecule has 134 valence electrons. The van der Waals surface area contributed by atoms with Gasteiger partial charge in [-0.2, -0.15) is 0 Å². The van der Waals surface area contributed by atoms with Gasteiger partial charge in [-0.25, -0.2) is 9.78 Å². The third kappa shape index (κ3) is 3.08. The Morgan fingerprint density at radius 3 is 2.80 bits per heavy atom. The van der Waals surface area contributed by atoms with Gasteiger partial charge in [0.25, 0.3) is 5.91 Å². The fourth-order valence-electron chi connectivity index (χ4n) is 3.95. The molecule has 7 nitrogen and oxygen atoms in total. The maximum Gasteiger partial charge on any atom is 0.327 e. The van der Waals surface area contributed by atoms with Gasteiger partial charge in [-0.15, -0.1) is 0 Å². The number of anilines is 1. The minimum absolute atomic E-state index is 0.0521. The summed E-state index contributed by atoms with van der Waals surface area (Å²) in [7, 11) is 0. The molecule has 3 aliphatic rings. The Morgan fingerprint density at radius 1 is 1.12 bits per heavy atom. The lowest BCUT2D eigenvalue weighted by Gasteiger charge is -2.30. The van der Waals surface area contributed by atoms with Gasteiger partial charge in [0.05, 0.1) is 19.8 Å². The molecule has 4 rings (SSSR count). The maximum atomic E-state index is 12.8. The summed E-state index contributed by atoms with van der Waals surface area (Å²) in [5, 5.41) is 0. The zero-order valence-electron chi connectivity index (χ0n) is 14.4. The molecule has 0 radical (unpaired) electrons. The number of rotatable bonds is 3. The van der Waals surface area contributed by atoms with Crippen molar-refractivity contribution in [2.45, 2.75) is 38.3 Å². The Morgan fingerprint density at radius 2 is 1.96 bits per heavy atom. The van der Waals surface area contributed by atoms with E-state index in [1.165, 1.54) is 4.90 Å². The first-order valence-electron chi connectivity index (χ1n) is 9.14. The molecular weight excluding hydrogens is 320 g/mol. The second kappa shape index (κ2) is 7.00. The Balaban J connectivity index is 1.56. The topological polar surface area (TPSA) is 66.0 Å². The Hall–Kier alpha value is -2.15. The molecule has 4 heterocycles. The number of ether oxygens (including phenoxy) is 1. The number of aromatic nitrogens is 1. The normalized spacial score (nSPS) is 24.5. The van der Waals surface area contributed by atoms with Gasteiger partial charge in [0.2, 0.25) is 0 Å². The van der Waals surface area contributed by atoms with E-state index in [-0.39, 0.29) is 18.0 Å². The molecule has 0 aromatic carbocycles. The number of morpholine rings is 1. The van der Waals surface area contributed by atoms with E-state index < -0.39 is 0 Å². The van der Waals surface area contributed by atoms with Crippen molar-refractivity contribution in [2.24, 2.45) is 0 Å². The summed E-state index contributed by atoms with van der Waals surface area (Å²) in [6.45, 7) is 3.89. The monoisotopic (exact) mass is 344 g/mol. The van der Waals surface area contributed by atoms with Gasteiger partial charge >= 0.3 is 6.03 Å². The van der Waals surface area contributed by atoms with E-state index in [1.807, 2.05) is 12.1 Å². The lowest BCUT2D eigenvalue weighted by Crippen LogP contribution is -2.38. The first-order chi connectivity index (χ1) is 12.3. The Bertz CT molecular complexity index is 635. The average Bonchev–Trinajstić information content (AvgIpc) is 2.84. The number of carbonyl (C=O) groups excluding carboxylic acids is 2. The van der Waals surface area contributed by atoms with Crippen LogP contribution in [0.15, 0.2) is 18.3 Å². The van der Waals surface area contributed by atoms with Gasteiger partial charge in [-0.3, -0.25) is 9.69 Å². The molecule has 0 aliphatic carbocycles. The van der Waals surface area contributed by atoms with Crippen LogP contribution in [0.25, 0.3) is 0 Å². The predicted molar refractivity (Wildman–Crippen MR) is 92.2 cm³/mol. The Kier molecular flexibility index (Phi) is 4.57. The molecule has 0 saturated carbocycles. The quantitative estimate of drug-likeness (QED) is 0.780. The number of hydrogen-bond donors (Lipinski definition) is 0. The molecular formula is C18H24N4O3. The molecule has 3 fully saturated rings. The SMILES string of the molecule is O=C1C2CCCCCN2C(=O)N1Cc1cccnc1N1CCOCC1. The standard InChI is InChI=1S/C18H24N4O3/c23-17-15-6-2-1-3-8-21(15)18(24)22(17)13-14-5-4-7-19-16(14)20-9-11-25-12-10-20/h4-5,7,15H,1-3,6,8-13H2. The highest BCUT2D eigenvalue weighted by Gasteiger charge is 2.45. The molecule has 3 aliphatic heterocycles. The minimum atomic E-state index is -0.265. The van der Waals surface area contributed by atoms with E-state index in [0.29, 0.717) is 26.3 Å². The maximum absolute atomic E-state index is 12.8. The van der Waals surface area contributed by atoms with Crippen LogP contribution in [-0.4, -0.2) is 65.6 Å². The molecule has 0 spiro atoms. The van der Waals surface area contributed by atoms with Crippen molar-refractivity contribution in [1.82, 2.24) is 14.8 Å². The van der Waals surface area contributed by atoms with Crippen molar-refractivity contribution in [1.29, 1.82) is 0 Å². The summed E-state index contributed by atoms with van der Waals surface area (Å²) in [6.07, 6.45) is 5.63. The fraction of sp³-hybridized carbons (Fsp3) is 0.611. The Labute approximate surface area is 147 Å². The van der Waals surface area contributed by atoms with Crippen molar-refractivity contribution in [3.63, 3.8) is 0 Å². The summed E-state index contributed by atoms with van der Waals surface area (Å²) in [5.41, 5.74) is 0.920. The number of nitrogens with zero attached hydrogens (tertiary/aromatic N) is 4. The van der Waals surface area contributed by atoms with Crippen molar-refractivity contribution in [2.75, 3.05) is 37.7 Å². The predicted octanol–water partition coefficient (Wildman–Crippen LogP) is 1.62. The van der Waals surface area contributed by atoms with E-state index in [1.54, 1.807) is 11.1 Å². The second-order valence-corrected chi connectivity index (χ2v) is 6.85. The number of carbonyl (C=O) groups is 2. The average molecular weight is 344 g/mol. The highest BCUT2D eigenvalue weighted by Crippen LogP contribution is 2.29. The van der Waals surface area contributed by atoms with Crippen LogP contribution < -0.4 is 4.90 Å². The molecule has 25 heavy (non-hydrogen) atoms. The van der Waals surface area contributed by atoms with Gasteiger partial charge in [0.1, 0.15) is 11.9 Å². The van der Waals surface area contributed by atoms with Crippen LogP contribution in [0.1, 0.15) is 31.2 Å². The lowest BCUT2D eigenvalue weighted by atomic mass is 10.1. The summed E-state index contributed by atoms with van der Waals surface area (Å²) < 4.78 is 5.41. The molecule has 1 aromatic rings. The van der Waals surface area contributed by atoms with Crippen LogP contribution in [0.3, 0.4) is 0 Å². The number of amides is 3. The molecule has 3 saturated heterocycles. The third-order valence-corrected chi connectivity index (χ3v) is 5.29. The van der Waals surface area contributed by atoms with E-state index in [4.69, 9.17) is 4.74 Å². The van der Waals surface area contributed by atoms with E-state index >= 15 is 0 Å². The van der Waals surface area contributed by atoms with Crippen molar-refractivity contribution >= 4 is 17.8 Å². The fourth-order valence-corrected chi connectivity index (χ4v) is 3.95. The van der Waals surface area contributed by atoms with E-state index in [2.05, 4.69) is 9.88 Å². The number of fused-ring (bicyclic) bond motifs is 1. The molecule has 0 bridgehead atoms. The number of pyridine rings is 1. The minimum Gasteiger partial charge on any atom is -0.378 e. The molecule has 3 amide bonds. The van der Waals surface area contributed by atoms with Crippen LogP contribution in [0.2, 0.25) is 0 Å². The largest absolute Gasteiger partial charge is 0.378 e. The van der Waals surface area contributed by atoms with Crippen LogP contribution in [-0.2, 0) is 16.1 Å². The molecule has 7 heteroatoms. The van der Waals surface area contributed by atoms with E-state index in [0.717, 1.165) is 50.2 Å². The first kappa shape index (κ1) is 16.3. The van der Waals surface area contributed by atoms with Gasteiger partial charge < -0.3 is 14.5 Å². The molecule has 1 atom stereocenters. The summed E-state index contributed by atoms with van der Waals surface area (Å²) in [6, 6.07) is 3.41. The van der Waals surface area contributed by atoms with E-state index in [9.17, 15) is 9.59 Å². The van der Waals surface area contributed by atoms with Crippen LogP contribution in [0.4, 0.5) is 10.6 Å². The molecule has 0 N–H and O–H groups in total. The molecule has 1 unspecified atom stereocenters. The summed E-state index contributed by atoms with van der Waals surface area (Å²) >= 11 is 0. The summed E-state index contributed by atoms with van der Waals surface area (Å²) in [4.78, 5) is 35.4. The van der Waals surface area contributed by atoms with Crippen molar-refractivity contribution < 1.29 is 14.3 Å². The van der Waals surface area contributed by atoms with Gasteiger partial charge in [0.15, 0.2) is 0 Å². The van der Waals surface area contributed by atoms with Gasteiger partial charge in [-0.1, -0.05) is 18.9 Å². The number of hydrogen-bond acceptors (Lipinski definition) is 5. The highest BCUT2D eigenvalue weighted by molar-refractivity contribution is 6.04. The van der Waals surface area contributed by atoms with Crippen molar-refractivity contribution in [3.05, 3.63) is 23.9 Å². The summed E-state index contributed by atoms with van der Waals surface area (Å²) in [5.74, 6) is 0.803. The third-order valence-electron chi connectivity index (χ3n) is 5.29.